The molecule has 7 nitrogen and oxygen atoms in total. The van der Waals surface area contributed by atoms with Gasteiger partial charge in [-0.05, 0) is 28.9 Å². The quantitative estimate of drug-likeness (QED) is 0.607. The van der Waals surface area contributed by atoms with Crippen molar-refractivity contribution >= 4 is 43.6 Å². The number of carbonyl (C=O) groups is 1. The Morgan fingerprint density at radius 3 is 2.68 bits per heavy atom. The van der Waals surface area contributed by atoms with E-state index in [0.717, 1.165) is 0 Å². The summed E-state index contributed by atoms with van der Waals surface area (Å²) in [6, 6.07) is 2.92. The number of halogens is 2. The predicted octanol–water partition coefficient (Wildman–Crippen LogP) is 2.98. The van der Waals surface area contributed by atoms with Gasteiger partial charge in [-0.3, -0.25) is 10.1 Å². The summed E-state index contributed by atoms with van der Waals surface area (Å²) in [6.45, 7) is 1.59. The van der Waals surface area contributed by atoms with Gasteiger partial charge in [0, 0.05) is 10.5 Å². The summed E-state index contributed by atoms with van der Waals surface area (Å²) in [5, 5.41) is 10.8. The molecule has 104 valence electrons. The van der Waals surface area contributed by atoms with Crippen LogP contribution in [0.5, 0.6) is 5.75 Å². The number of hydrogen-bond acceptors (Lipinski definition) is 5. The molecule has 0 bridgehead atoms. The number of carbonyl (C=O) groups excluding carboxylic acids is 1. The standard InChI is InChI=1S/C10H10Br2N2O5/c1-5(4-18-10(13)15)19-8-3-6(11)2-7(9(8)12)14(16)17/h2-3,5H,4H2,1H3,(H2,13,15)/t5-/m1/s1. The minimum Gasteiger partial charge on any atom is -0.486 e. The van der Waals surface area contributed by atoms with E-state index in [-0.39, 0.29) is 22.5 Å². The summed E-state index contributed by atoms with van der Waals surface area (Å²) < 4.78 is 10.7. The molecular formula is C10H10Br2N2O5. The number of rotatable bonds is 5. The fourth-order valence-electron chi connectivity index (χ4n) is 1.22. The molecule has 1 aromatic rings. The summed E-state index contributed by atoms with van der Waals surface area (Å²) in [5.74, 6) is 0.265. The largest absolute Gasteiger partial charge is 0.486 e. The fraction of sp³-hybridized carbons (Fsp3) is 0.300. The number of primary amides is 1. The van der Waals surface area contributed by atoms with Gasteiger partial charge in [-0.15, -0.1) is 0 Å². The summed E-state index contributed by atoms with van der Waals surface area (Å²) in [5.41, 5.74) is 4.70. The zero-order chi connectivity index (χ0) is 14.6. The fourth-order valence-corrected chi connectivity index (χ4v) is 2.11. The van der Waals surface area contributed by atoms with Crippen LogP contribution in [-0.4, -0.2) is 23.7 Å². The molecule has 1 atom stereocenters. The maximum absolute atomic E-state index is 10.8. The molecule has 1 aromatic carbocycles. The van der Waals surface area contributed by atoms with Crippen LogP contribution in [0.4, 0.5) is 10.5 Å². The number of nitrogens with two attached hydrogens (primary N) is 1. The van der Waals surface area contributed by atoms with Crippen LogP contribution in [0.15, 0.2) is 21.1 Å². The van der Waals surface area contributed by atoms with Gasteiger partial charge in [0.2, 0.25) is 0 Å². The molecule has 0 aromatic heterocycles. The van der Waals surface area contributed by atoms with Crippen LogP contribution in [0.1, 0.15) is 6.92 Å². The molecule has 0 spiro atoms. The summed E-state index contributed by atoms with van der Waals surface area (Å²) in [4.78, 5) is 20.8. The van der Waals surface area contributed by atoms with Crippen molar-refractivity contribution in [1.82, 2.24) is 0 Å². The van der Waals surface area contributed by atoms with E-state index in [9.17, 15) is 14.9 Å². The van der Waals surface area contributed by atoms with Crippen molar-refractivity contribution in [3.8, 4) is 5.75 Å². The van der Waals surface area contributed by atoms with Gasteiger partial charge in [0.15, 0.2) is 0 Å². The van der Waals surface area contributed by atoms with Crippen LogP contribution in [0.2, 0.25) is 0 Å². The average molecular weight is 398 g/mol. The van der Waals surface area contributed by atoms with Gasteiger partial charge < -0.3 is 15.2 Å². The van der Waals surface area contributed by atoms with Gasteiger partial charge in [-0.1, -0.05) is 15.9 Å². The lowest BCUT2D eigenvalue weighted by molar-refractivity contribution is -0.385. The van der Waals surface area contributed by atoms with Crippen LogP contribution in [0.25, 0.3) is 0 Å². The molecule has 2 N–H and O–H groups in total. The van der Waals surface area contributed by atoms with Crippen LogP contribution in [0, 0.1) is 10.1 Å². The van der Waals surface area contributed by atoms with Crippen LogP contribution in [0.3, 0.4) is 0 Å². The Kier molecular flexibility index (Phi) is 5.55. The summed E-state index contributed by atoms with van der Waals surface area (Å²) >= 11 is 6.26. The van der Waals surface area contributed by atoms with Crippen LogP contribution < -0.4 is 10.5 Å². The zero-order valence-electron chi connectivity index (χ0n) is 9.76. The summed E-state index contributed by atoms with van der Waals surface area (Å²) in [7, 11) is 0. The van der Waals surface area contributed by atoms with E-state index < -0.39 is 17.1 Å². The van der Waals surface area contributed by atoms with Crippen LogP contribution in [-0.2, 0) is 4.74 Å². The second-order valence-electron chi connectivity index (χ2n) is 3.55. The molecule has 0 unspecified atom stereocenters. The Morgan fingerprint density at radius 2 is 2.16 bits per heavy atom. The molecule has 0 saturated heterocycles. The number of amides is 1. The monoisotopic (exact) mass is 396 g/mol. The molecule has 0 saturated carbocycles. The Morgan fingerprint density at radius 1 is 1.53 bits per heavy atom. The third kappa shape index (κ3) is 4.67. The maximum Gasteiger partial charge on any atom is 0.404 e. The lowest BCUT2D eigenvalue weighted by atomic mass is 10.3. The molecular weight excluding hydrogens is 388 g/mol. The summed E-state index contributed by atoms with van der Waals surface area (Å²) in [6.07, 6.45) is -1.41. The molecule has 0 aliphatic heterocycles. The van der Waals surface area contributed by atoms with Crippen molar-refractivity contribution in [2.75, 3.05) is 6.61 Å². The van der Waals surface area contributed by atoms with E-state index in [1.54, 1.807) is 13.0 Å². The maximum atomic E-state index is 10.8. The van der Waals surface area contributed by atoms with Crippen molar-refractivity contribution in [3.05, 3.63) is 31.2 Å². The Hall–Kier alpha value is -1.35. The van der Waals surface area contributed by atoms with Gasteiger partial charge in [0.1, 0.15) is 22.9 Å². The van der Waals surface area contributed by atoms with Crippen molar-refractivity contribution in [2.24, 2.45) is 5.73 Å². The molecule has 19 heavy (non-hydrogen) atoms. The lowest BCUT2D eigenvalue weighted by Crippen LogP contribution is -2.24. The first-order valence-corrected chi connectivity index (χ1v) is 6.62. The van der Waals surface area contributed by atoms with E-state index in [2.05, 4.69) is 36.6 Å². The smallest absolute Gasteiger partial charge is 0.404 e. The topological polar surface area (TPSA) is 105 Å². The minimum atomic E-state index is -0.908. The first kappa shape index (κ1) is 15.7. The molecule has 1 amide bonds. The normalized spacial score (nSPS) is 11.7. The molecule has 0 aliphatic carbocycles. The Labute approximate surface area is 125 Å². The molecule has 0 radical (unpaired) electrons. The van der Waals surface area contributed by atoms with Gasteiger partial charge in [0.05, 0.1) is 4.92 Å². The SMILES string of the molecule is C[C@H](COC(N)=O)Oc1cc(Br)cc([N+](=O)[O-])c1Br. The van der Waals surface area contributed by atoms with Gasteiger partial charge in [0.25, 0.3) is 5.69 Å². The van der Waals surface area contributed by atoms with Crippen molar-refractivity contribution in [2.45, 2.75) is 13.0 Å². The predicted molar refractivity (Wildman–Crippen MR) is 74.1 cm³/mol. The Bertz CT molecular complexity index is 509. The second kappa shape index (κ2) is 6.71. The highest BCUT2D eigenvalue weighted by Gasteiger charge is 2.19. The van der Waals surface area contributed by atoms with E-state index in [1.807, 2.05) is 0 Å². The third-order valence-corrected chi connectivity index (χ3v) is 3.22. The number of nitrogens with zero attached hydrogens (tertiary/aromatic N) is 1. The van der Waals surface area contributed by atoms with Crippen molar-refractivity contribution < 1.29 is 19.2 Å². The molecule has 1 rings (SSSR count). The van der Waals surface area contributed by atoms with E-state index in [1.165, 1.54) is 6.07 Å². The number of nitro benzene ring substituents is 1. The average Bonchev–Trinajstić information content (AvgIpc) is 2.30. The minimum absolute atomic E-state index is 0.0535. The van der Waals surface area contributed by atoms with Crippen molar-refractivity contribution in [3.63, 3.8) is 0 Å². The van der Waals surface area contributed by atoms with E-state index in [0.29, 0.717) is 4.47 Å². The third-order valence-electron chi connectivity index (χ3n) is 1.97. The highest BCUT2D eigenvalue weighted by atomic mass is 79.9. The molecule has 0 aliphatic rings. The highest BCUT2D eigenvalue weighted by Crippen LogP contribution is 2.37. The van der Waals surface area contributed by atoms with Gasteiger partial charge in [-0.2, -0.15) is 0 Å². The van der Waals surface area contributed by atoms with Gasteiger partial charge >= 0.3 is 6.09 Å². The second-order valence-corrected chi connectivity index (χ2v) is 5.26. The molecule has 0 fully saturated rings. The Balaban J connectivity index is 2.89. The molecule has 0 heterocycles. The first-order valence-electron chi connectivity index (χ1n) is 5.03. The van der Waals surface area contributed by atoms with E-state index >= 15 is 0 Å². The lowest BCUT2D eigenvalue weighted by Gasteiger charge is -2.15. The van der Waals surface area contributed by atoms with E-state index in [4.69, 9.17) is 10.5 Å². The number of nitro groups is 1. The molecule has 9 heteroatoms. The zero-order valence-corrected chi connectivity index (χ0v) is 12.9. The van der Waals surface area contributed by atoms with Crippen molar-refractivity contribution in [1.29, 1.82) is 0 Å². The number of benzene rings is 1. The van der Waals surface area contributed by atoms with Gasteiger partial charge in [-0.25, -0.2) is 4.79 Å². The number of hydrogen-bond donors (Lipinski definition) is 1. The number of ether oxygens (including phenoxy) is 2. The van der Waals surface area contributed by atoms with Crippen LogP contribution >= 0.6 is 31.9 Å². The highest BCUT2D eigenvalue weighted by molar-refractivity contribution is 9.11. The first-order chi connectivity index (χ1) is 8.81.